The van der Waals surface area contributed by atoms with Gasteiger partial charge in [0.2, 0.25) is 5.91 Å². The summed E-state index contributed by atoms with van der Waals surface area (Å²) in [5.41, 5.74) is 0. The van der Waals surface area contributed by atoms with Crippen LogP contribution >= 0.6 is 0 Å². The van der Waals surface area contributed by atoms with Gasteiger partial charge in [-0.1, -0.05) is 12.8 Å². The highest BCUT2D eigenvalue weighted by molar-refractivity contribution is 5.96. The van der Waals surface area contributed by atoms with Crippen molar-refractivity contribution in [2.45, 2.75) is 58.5 Å². The van der Waals surface area contributed by atoms with Crippen LogP contribution < -0.4 is 10.6 Å². The minimum atomic E-state index is -0.406. The number of nitrogens with one attached hydrogen (secondary N) is 2. The van der Waals surface area contributed by atoms with Crippen molar-refractivity contribution >= 4 is 11.9 Å². The summed E-state index contributed by atoms with van der Waals surface area (Å²) in [6, 6.07) is -0.607. The normalized spacial score (nSPS) is 19.1. The van der Waals surface area contributed by atoms with Crippen molar-refractivity contribution in [1.29, 1.82) is 0 Å². The summed E-state index contributed by atoms with van der Waals surface area (Å²) in [5, 5.41) is 5.05. The number of amides is 3. The molecule has 1 fully saturated rings. The van der Waals surface area contributed by atoms with E-state index in [1.807, 2.05) is 20.8 Å². The Bertz CT molecular complexity index is 284. The largest absolute Gasteiger partial charge is 0.336 e. The van der Waals surface area contributed by atoms with Crippen LogP contribution in [-0.4, -0.2) is 42.0 Å². The molecule has 1 saturated heterocycles. The second-order valence-electron chi connectivity index (χ2n) is 5.24. The Balaban J connectivity index is 2.42. The average molecular weight is 255 g/mol. The first-order valence-corrected chi connectivity index (χ1v) is 6.86. The molecule has 3 amide bonds. The fourth-order valence-electron chi connectivity index (χ4n) is 2.16. The molecule has 0 unspecified atom stereocenters. The predicted molar refractivity (Wildman–Crippen MR) is 71.3 cm³/mol. The predicted octanol–water partition coefficient (Wildman–Crippen LogP) is 1.49. The molecule has 0 saturated carbocycles. The van der Waals surface area contributed by atoms with E-state index in [0.717, 1.165) is 25.9 Å². The summed E-state index contributed by atoms with van der Waals surface area (Å²) >= 11 is 0. The van der Waals surface area contributed by atoms with Crippen LogP contribution in [0.15, 0.2) is 0 Å². The van der Waals surface area contributed by atoms with Crippen molar-refractivity contribution in [3.05, 3.63) is 0 Å². The maximum atomic E-state index is 11.9. The van der Waals surface area contributed by atoms with Gasteiger partial charge < -0.3 is 5.32 Å². The van der Waals surface area contributed by atoms with Crippen LogP contribution in [0.3, 0.4) is 0 Å². The van der Waals surface area contributed by atoms with E-state index < -0.39 is 6.03 Å². The SMILES string of the molecule is CC(C)NC(=O)NC(=O)[C@H](C)N1CCCCCC1. The molecule has 0 aromatic rings. The van der Waals surface area contributed by atoms with Gasteiger partial charge in [-0.15, -0.1) is 0 Å². The smallest absolute Gasteiger partial charge is 0.321 e. The molecule has 1 heterocycles. The Morgan fingerprint density at radius 2 is 1.56 bits per heavy atom. The fourth-order valence-corrected chi connectivity index (χ4v) is 2.16. The average Bonchev–Trinajstić information content (AvgIpc) is 2.55. The van der Waals surface area contributed by atoms with Gasteiger partial charge in [-0.2, -0.15) is 0 Å². The fraction of sp³-hybridized carbons (Fsp3) is 0.846. The van der Waals surface area contributed by atoms with E-state index >= 15 is 0 Å². The molecule has 0 radical (unpaired) electrons. The first-order chi connectivity index (χ1) is 8.50. The molecule has 1 atom stereocenters. The summed E-state index contributed by atoms with van der Waals surface area (Å²) in [5.74, 6) is -0.213. The second kappa shape index (κ2) is 7.36. The first-order valence-electron chi connectivity index (χ1n) is 6.86. The number of imide groups is 1. The van der Waals surface area contributed by atoms with Gasteiger partial charge in [-0.3, -0.25) is 15.0 Å². The van der Waals surface area contributed by atoms with E-state index in [0.29, 0.717) is 0 Å². The van der Waals surface area contributed by atoms with Gasteiger partial charge in [0.1, 0.15) is 0 Å². The van der Waals surface area contributed by atoms with Gasteiger partial charge in [-0.25, -0.2) is 4.79 Å². The van der Waals surface area contributed by atoms with Crippen molar-refractivity contribution in [3.63, 3.8) is 0 Å². The third-order valence-electron chi connectivity index (χ3n) is 3.22. The molecule has 1 aliphatic heterocycles. The van der Waals surface area contributed by atoms with E-state index in [2.05, 4.69) is 15.5 Å². The topological polar surface area (TPSA) is 61.4 Å². The molecular weight excluding hydrogens is 230 g/mol. The number of likely N-dealkylation sites (tertiary alicyclic amines) is 1. The number of hydrogen-bond acceptors (Lipinski definition) is 3. The van der Waals surface area contributed by atoms with Crippen molar-refractivity contribution < 1.29 is 9.59 Å². The number of carbonyl (C=O) groups is 2. The maximum Gasteiger partial charge on any atom is 0.321 e. The van der Waals surface area contributed by atoms with Gasteiger partial charge in [0.05, 0.1) is 6.04 Å². The molecule has 18 heavy (non-hydrogen) atoms. The summed E-state index contributed by atoms with van der Waals surface area (Å²) in [6.07, 6.45) is 4.74. The zero-order valence-corrected chi connectivity index (χ0v) is 11.7. The van der Waals surface area contributed by atoms with Crippen molar-refractivity contribution in [1.82, 2.24) is 15.5 Å². The van der Waals surface area contributed by atoms with Crippen LogP contribution in [0.25, 0.3) is 0 Å². The molecule has 1 rings (SSSR count). The van der Waals surface area contributed by atoms with Crippen molar-refractivity contribution in [2.24, 2.45) is 0 Å². The van der Waals surface area contributed by atoms with Crippen LogP contribution in [0.1, 0.15) is 46.5 Å². The van der Waals surface area contributed by atoms with E-state index in [9.17, 15) is 9.59 Å². The van der Waals surface area contributed by atoms with E-state index in [1.165, 1.54) is 12.8 Å². The highest BCUT2D eigenvalue weighted by Gasteiger charge is 2.23. The number of hydrogen-bond donors (Lipinski definition) is 2. The molecule has 0 aromatic carbocycles. The summed E-state index contributed by atoms with van der Waals surface area (Å²) < 4.78 is 0. The molecule has 0 aliphatic carbocycles. The molecule has 104 valence electrons. The van der Waals surface area contributed by atoms with Gasteiger partial charge in [-0.05, 0) is 46.7 Å². The Hall–Kier alpha value is -1.10. The van der Waals surface area contributed by atoms with Crippen LogP contribution in [0.2, 0.25) is 0 Å². The lowest BCUT2D eigenvalue weighted by Crippen LogP contribution is -2.50. The van der Waals surface area contributed by atoms with E-state index in [-0.39, 0.29) is 18.0 Å². The Kier molecular flexibility index (Phi) is 6.12. The lowest BCUT2D eigenvalue weighted by Gasteiger charge is -2.26. The van der Waals surface area contributed by atoms with Crippen LogP contribution in [0.4, 0.5) is 4.79 Å². The lowest BCUT2D eigenvalue weighted by atomic mass is 10.2. The van der Waals surface area contributed by atoms with Gasteiger partial charge >= 0.3 is 6.03 Å². The molecule has 5 nitrogen and oxygen atoms in total. The standard InChI is InChI=1S/C13H25N3O2/c1-10(2)14-13(18)15-12(17)11(3)16-8-6-4-5-7-9-16/h10-11H,4-9H2,1-3H3,(H2,14,15,17,18)/t11-/m0/s1. The minimum Gasteiger partial charge on any atom is -0.336 e. The maximum absolute atomic E-state index is 11.9. The second-order valence-corrected chi connectivity index (χ2v) is 5.24. The van der Waals surface area contributed by atoms with Crippen LogP contribution in [0, 0.1) is 0 Å². The summed E-state index contributed by atoms with van der Waals surface area (Å²) in [4.78, 5) is 25.5. The number of urea groups is 1. The summed E-state index contributed by atoms with van der Waals surface area (Å²) in [7, 11) is 0. The van der Waals surface area contributed by atoms with E-state index in [4.69, 9.17) is 0 Å². The lowest BCUT2D eigenvalue weighted by molar-refractivity contribution is -0.124. The van der Waals surface area contributed by atoms with Gasteiger partial charge in [0.15, 0.2) is 0 Å². The van der Waals surface area contributed by atoms with Gasteiger partial charge in [0, 0.05) is 6.04 Å². The van der Waals surface area contributed by atoms with Crippen molar-refractivity contribution in [2.75, 3.05) is 13.1 Å². The van der Waals surface area contributed by atoms with E-state index in [1.54, 1.807) is 0 Å². The highest BCUT2D eigenvalue weighted by atomic mass is 16.2. The Morgan fingerprint density at radius 3 is 2.06 bits per heavy atom. The molecular formula is C13H25N3O2. The third-order valence-corrected chi connectivity index (χ3v) is 3.22. The van der Waals surface area contributed by atoms with Crippen LogP contribution in [-0.2, 0) is 4.79 Å². The highest BCUT2D eigenvalue weighted by Crippen LogP contribution is 2.12. The molecule has 0 spiro atoms. The molecule has 5 heteroatoms. The minimum absolute atomic E-state index is 0.0336. The number of carbonyl (C=O) groups excluding carboxylic acids is 2. The Morgan fingerprint density at radius 1 is 1.00 bits per heavy atom. The zero-order chi connectivity index (χ0) is 13.5. The quantitative estimate of drug-likeness (QED) is 0.803. The molecule has 1 aliphatic rings. The monoisotopic (exact) mass is 255 g/mol. The Labute approximate surface area is 109 Å². The first kappa shape index (κ1) is 15.0. The third kappa shape index (κ3) is 5.04. The van der Waals surface area contributed by atoms with Crippen LogP contribution in [0.5, 0.6) is 0 Å². The van der Waals surface area contributed by atoms with Crippen molar-refractivity contribution in [3.8, 4) is 0 Å². The molecule has 2 N–H and O–H groups in total. The number of nitrogens with zero attached hydrogens (tertiary/aromatic N) is 1. The summed E-state index contributed by atoms with van der Waals surface area (Å²) in [6.45, 7) is 7.48. The molecule has 0 bridgehead atoms. The van der Waals surface area contributed by atoms with Gasteiger partial charge in [0.25, 0.3) is 0 Å². The number of rotatable bonds is 3. The molecule has 0 aromatic heterocycles. The zero-order valence-electron chi connectivity index (χ0n) is 11.7.